The Morgan fingerprint density at radius 3 is 2.50 bits per heavy atom. The maximum atomic E-state index is 12.1. The number of halogens is 4. The highest BCUT2D eigenvalue weighted by Gasteiger charge is 2.26. The lowest BCUT2D eigenvalue weighted by atomic mass is 10.00. The van der Waals surface area contributed by atoms with Gasteiger partial charge in [0.15, 0.2) is 0 Å². The Bertz CT molecular complexity index is 373. The van der Waals surface area contributed by atoms with Crippen LogP contribution < -0.4 is 11.3 Å². The normalized spacial score (nSPS) is 13.7. The minimum atomic E-state index is -4.12. The lowest BCUT2D eigenvalue weighted by Crippen LogP contribution is -2.28. The first-order chi connectivity index (χ1) is 8.31. The van der Waals surface area contributed by atoms with Crippen molar-refractivity contribution in [1.29, 1.82) is 0 Å². The fraction of sp³-hybridized carbons (Fsp3) is 0.500. The number of hydrogen-bond acceptors (Lipinski definition) is 2. The second-order valence-corrected chi connectivity index (χ2v) is 4.73. The van der Waals surface area contributed by atoms with Crippen LogP contribution in [0.15, 0.2) is 18.2 Å². The predicted molar refractivity (Wildman–Crippen MR) is 66.2 cm³/mol. The quantitative estimate of drug-likeness (QED) is 0.634. The standard InChI is InChI=1S/C12H16ClF3N2/c1-8-5-9(7-10(13)6-8)11(18-17)3-2-4-12(14,15)16/h5-7,11,18H,2-4,17H2,1H3. The van der Waals surface area contributed by atoms with Crippen molar-refractivity contribution in [3.63, 3.8) is 0 Å². The summed E-state index contributed by atoms with van der Waals surface area (Å²) in [6, 6.07) is 5.05. The summed E-state index contributed by atoms with van der Waals surface area (Å²) in [5.74, 6) is 5.38. The first-order valence-electron chi connectivity index (χ1n) is 5.62. The highest BCUT2D eigenvalue weighted by Crippen LogP contribution is 2.27. The number of nitrogens with two attached hydrogens (primary N) is 1. The molecule has 0 saturated heterocycles. The molecule has 2 nitrogen and oxygen atoms in total. The molecule has 1 rings (SSSR count). The third kappa shape index (κ3) is 5.25. The Kier molecular flexibility index (Phi) is 5.44. The summed E-state index contributed by atoms with van der Waals surface area (Å²) in [4.78, 5) is 0. The molecule has 0 bridgehead atoms. The van der Waals surface area contributed by atoms with Gasteiger partial charge in [0.1, 0.15) is 0 Å². The monoisotopic (exact) mass is 280 g/mol. The van der Waals surface area contributed by atoms with Gasteiger partial charge in [0.25, 0.3) is 0 Å². The van der Waals surface area contributed by atoms with Gasteiger partial charge in [0, 0.05) is 17.5 Å². The first kappa shape index (κ1) is 15.3. The number of hydrazine groups is 1. The molecule has 6 heteroatoms. The number of hydrogen-bond donors (Lipinski definition) is 2. The Morgan fingerprint density at radius 1 is 1.33 bits per heavy atom. The molecule has 0 aromatic heterocycles. The number of alkyl halides is 3. The second-order valence-electron chi connectivity index (χ2n) is 4.29. The van der Waals surface area contributed by atoms with Crippen LogP contribution in [0.3, 0.4) is 0 Å². The van der Waals surface area contributed by atoms with Crippen molar-refractivity contribution in [2.45, 2.75) is 38.4 Å². The zero-order valence-electron chi connectivity index (χ0n) is 10.0. The molecule has 3 N–H and O–H groups in total. The molecule has 0 radical (unpaired) electrons. The van der Waals surface area contributed by atoms with E-state index in [1.807, 2.05) is 13.0 Å². The third-order valence-corrected chi connectivity index (χ3v) is 2.84. The van der Waals surface area contributed by atoms with Crippen molar-refractivity contribution in [3.8, 4) is 0 Å². The topological polar surface area (TPSA) is 38.0 Å². The number of rotatable bonds is 5. The summed E-state index contributed by atoms with van der Waals surface area (Å²) in [6.07, 6.45) is -4.58. The Hall–Kier alpha value is -0.780. The van der Waals surface area contributed by atoms with Gasteiger partial charge in [-0.15, -0.1) is 0 Å². The number of nitrogens with one attached hydrogen (secondary N) is 1. The molecule has 0 spiro atoms. The van der Waals surface area contributed by atoms with Crippen LogP contribution in [-0.2, 0) is 0 Å². The van der Waals surface area contributed by atoms with Gasteiger partial charge in [-0.3, -0.25) is 11.3 Å². The third-order valence-electron chi connectivity index (χ3n) is 2.62. The van der Waals surface area contributed by atoms with Gasteiger partial charge < -0.3 is 0 Å². The smallest absolute Gasteiger partial charge is 0.271 e. The van der Waals surface area contributed by atoms with E-state index in [-0.39, 0.29) is 12.5 Å². The van der Waals surface area contributed by atoms with Gasteiger partial charge >= 0.3 is 6.18 Å². The summed E-state index contributed by atoms with van der Waals surface area (Å²) in [5, 5.41) is 0.557. The molecule has 0 fully saturated rings. The van der Waals surface area contributed by atoms with Crippen LogP contribution in [-0.4, -0.2) is 6.18 Å². The molecule has 18 heavy (non-hydrogen) atoms. The first-order valence-corrected chi connectivity index (χ1v) is 5.99. The van der Waals surface area contributed by atoms with Crippen molar-refractivity contribution in [2.75, 3.05) is 0 Å². The minimum Gasteiger partial charge on any atom is -0.271 e. The summed E-state index contributed by atoms with van der Waals surface area (Å²) >= 11 is 5.91. The van der Waals surface area contributed by atoms with E-state index >= 15 is 0 Å². The Balaban J connectivity index is 2.65. The molecule has 0 aliphatic heterocycles. The number of benzene rings is 1. The summed E-state index contributed by atoms with van der Waals surface area (Å²) in [5.41, 5.74) is 4.30. The zero-order chi connectivity index (χ0) is 13.8. The van der Waals surface area contributed by atoms with Gasteiger partial charge in [-0.2, -0.15) is 13.2 Å². The fourth-order valence-corrected chi connectivity index (χ4v) is 2.12. The van der Waals surface area contributed by atoms with Crippen LogP contribution in [0, 0.1) is 6.92 Å². The van der Waals surface area contributed by atoms with E-state index < -0.39 is 12.6 Å². The van der Waals surface area contributed by atoms with Gasteiger partial charge in [-0.25, -0.2) is 0 Å². The fourth-order valence-electron chi connectivity index (χ4n) is 1.82. The zero-order valence-corrected chi connectivity index (χ0v) is 10.8. The van der Waals surface area contributed by atoms with Crippen LogP contribution in [0.4, 0.5) is 13.2 Å². The Morgan fingerprint density at radius 2 is 2.00 bits per heavy atom. The molecule has 0 amide bonds. The molecular weight excluding hydrogens is 265 g/mol. The lowest BCUT2D eigenvalue weighted by Gasteiger charge is -2.17. The molecule has 1 aromatic rings. The maximum absolute atomic E-state index is 12.1. The van der Waals surface area contributed by atoms with Crippen molar-refractivity contribution in [2.24, 2.45) is 5.84 Å². The minimum absolute atomic E-state index is 0.0317. The average Bonchev–Trinajstić information content (AvgIpc) is 2.21. The molecule has 0 aliphatic carbocycles. The van der Waals surface area contributed by atoms with Crippen LogP contribution in [0.25, 0.3) is 0 Å². The average molecular weight is 281 g/mol. The van der Waals surface area contributed by atoms with Gasteiger partial charge in [-0.05, 0) is 43.0 Å². The summed E-state index contributed by atoms with van der Waals surface area (Å²) in [6.45, 7) is 1.87. The summed E-state index contributed by atoms with van der Waals surface area (Å²) < 4.78 is 36.2. The van der Waals surface area contributed by atoms with Crippen LogP contribution in [0.2, 0.25) is 5.02 Å². The van der Waals surface area contributed by atoms with E-state index in [2.05, 4.69) is 5.43 Å². The van der Waals surface area contributed by atoms with Crippen molar-refractivity contribution in [1.82, 2.24) is 5.43 Å². The second kappa shape index (κ2) is 6.41. The van der Waals surface area contributed by atoms with Gasteiger partial charge in [-0.1, -0.05) is 17.7 Å². The van der Waals surface area contributed by atoms with Crippen LogP contribution in [0.5, 0.6) is 0 Å². The van der Waals surface area contributed by atoms with Gasteiger partial charge in [0.05, 0.1) is 0 Å². The highest BCUT2D eigenvalue weighted by molar-refractivity contribution is 6.30. The summed E-state index contributed by atoms with van der Waals surface area (Å²) in [7, 11) is 0. The van der Waals surface area contributed by atoms with E-state index in [0.717, 1.165) is 11.1 Å². The molecule has 0 heterocycles. The Labute approximate surface area is 109 Å². The molecule has 1 unspecified atom stereocenters. The van der Waals surface area contributed by atoms with Crippen molar-refractivity contribution >= 4 is 11.6 Å². The van der Waals surface area contributed by atoms with Crippen molar-refractivity contribution in [3.05, 3.63) is 34.3 Å². The highest BCUT2D eigenvalue weighted by atomic mass is 35.5. The molecule has 0 saturated carbocycles. The van der Waals surface area contributed by atoms with E-state index in [1.165, 1.54) is 0 Å². The van der Waals surface area contributed by atoms with E-state index in [1.54, 1.807) is 12.1 Å². The van der Waals surface area contributed by atoms with E-state index in [0.29, 0.717) is 11.4 Å². The van der Waals surface area contributed by atoms with Crippen molar-refractivity contribution < 1.29 is 13.2 Å². The van der Waals surface area contributed by atoms with Crippen LogP contribution in [0.1, 0.15) is 36.4 Å². The maximum Gasteiger partial charge on any atom is 0.389 e. The largest absolute Gasteiger partial charge is 0.389 e. The van der Waals surface area contributed by atoms with Crippen LogP contribution >= 0.6 is 11.6 Å². The molecule has 0 aliphatic rings. The van der Waals surface area contributed by atoms with Gasteiger partial charge in [0.2, 0.25) is 0 Å². The SMILES string of the molecule is Cc1cc(Cl)cc(C(CCCC(F)(F)F)NN)c1. The molecule has 1 atom stereocenters. The van der Waals surface area contributed by atoms with E-state index in [9.17, 15) is 13.2 Å². The predicted octanol–water partition coefficient (Wildman–Crippen LogP) is 3.89. The van der Waals surface area contributed by atoms with E-state index in [4.69, 9.17) is 17.4 Å². The number of aryl methyl sites for hydroxylation is 1. The molecular formula is C12H16ClF3N2. The lowest BCUT2D eigenvalue weighted by molar-refractivity contribution is -0.135. The molecule has 1 aromatic carbocycles. The molecule has 102 valence electrons.